The van der Waals surface area contributed by atoms with Crippen molar-refractivity contribution in [1.82, 2.24) is 4.57 Å². The Bertz CT molecular complexity index is 3880. The van der Waals surface area contributed by atoms with Crippen molar-refractivity contribution in [1.29, 1.82) is 0 Å². The lowest BCUT2D eigenvalue weighted by atomic mass is 9.67. The third kappa shape index (κ3) is 6.47. The summed E-state index contributed by atoms with van der Waals surface area (Å²) in [5.74, 6) is 0. The highest BCUT2D eigenvalue weighted by Gasteiger charge is 2.46. The molecule has 1 heterocycles. The van der Waals surface area contributed by atoms with Gasteiger partial charge in [-0.25, -0.2) is 0 Å². The molecule has 2 nitrogen and oxygen atoms in total. The minimum atomic E-state index is -0.473. The fourth-order valence-corrected chi connectivity index (χ4v) is 11.5. The highest BCUT2D eigenvalue weighted by atomic mass is 15.1. The second-order valence-electron chi connectivity index (χ2n) is 19.7. The van der Waals surface area contributed by atoms with Crippen LogP contribution in [-0.2, 0) is 10.8 Å². The first-order valence-electron chi connectivity index (χ1n) is 24.2. The average molecular weight is 883 g/mol. The number of aromatic nitrogens is 1. The zero-order chi connectivity index (χ0) is 46.3. The predicted molar refractivity (Wildman–Crippen MR) is 292 cm³/mol. The summed E-state index contributed by atoms with van der Waals surface area (Å²) < 4.78 is 2.47. The molecule has 2 heteroatoms. The normalized spacial score (nSPS) is 13.0. The second kappa shape index (κ2) is 15.8. The Kier molecular flexibility index (Phi) is 9.36. The predicted octanol–water partition coefficient (Wildman–Crippen LogP) is 17.9. The van der Waals surface area contributed by atoms with E-state index in [1.807, 2.05) is 0 Å². The zero-order valence-electron chi connectivity index (χ0n) is 39.1. The van der Waals surface area contributed by atoms with Crippen LogP contribution in [0.4, 0.5) is 17.1 Å². The Balaban J connectivity index is 0.920. The lowest BCUT2D eigenvalue weighted by Crippen LogP contribution is -2.28. The number of nitrogens with zero attached hydrogens (tertiary/aromatic N) is 2. The lowest BCUT2D eigenvalue weighted by Gasteiger charge is -2.34. The molecular formula is C67H50N2. The van der Waals surface area contributed by atoms with Gasteiger partial charge in [-0.1, -0.05) is 203 Å². The Morgan fingerprint density at radius 3 is 1.75 bits per heavy atom. The van der Waals surface area contributed by atoms with Gasteiger partial charge < -0.3 is 9.47 Å². The van der Waals surface area contributed by atoms with Crippen molar-refractivity contribution < 1.29 is 0 Å². The summed E-state index contributed by atoms with van der Waals surface area (Å²) in [7, 11) is 0. The zero-order valence-corrected chi connectivity index (χ0v) is 39.1. The van der Waals surface area contributed by atoms with Crippen molar-refractivity contribution in [3.8, 4) is 27.9 Å². The Labute approximate surface area is 404 Å². The van der Waals surface area contributed by atoms with Gasteiger partial charge >= 0.3 is 0 Å². The van der Waals surface area contributed by atoms with E-state index in [1.54, 1.807) is 0 Å². The monoisotopic (exact) mass is 882 g/mol. The van der Waals surface area contributed by atoms with Crippen molar-refractivity contribution in [3.63, 3.8) is 0 Å². The molecule has 1 aromatic heterocycles. The fourth-order valence-electron chi connectivity index (χ4n) is 11.5. The topological polar surface area (TPSA) is 8.17 Å². The number of benzene rings is 11. The summed E-state index contributed by atoms with van der Waals surface area (Å²) in [5, 5.41) is 7.34. The van der Waals surface area contributed by atoms with E-state index in [9.17, 15) is 0 Å². The molecule has 0 saturated heterocycles. The Hall–Kier alpha value is -8.46. The molecule has 13 rings (SSSR count). The number of rotatable bonds is 7. The largest absolute Gasteiger partial charge is 0.310 e. The van der Waals surface area contributed by atoms with Crippen molar-refractivity contribution in [2.75, 3.05) is 4.90 Å². The van der Waals surface area contributed by atoms with Gasteiger partial charge in [0.05, 0.1) is 22.1 Å². The third-order valence-electron chi connectivity index (χ3n) is 14.8. The maximum Gasteiger partial charge on any atom is 0.0714 e. The van der Waals surface area contributed by atoms with Crippen LogP contribution in [0.25, 0.3) is 71.3 Å². The van der Waals surface area contributed by atoms with Gasteiger partial charge in [-0.05, 0) is 138 Å². The summed E-state index contributed by atoms with van der Waals surface area (Å²) in [6, 6.07) is 92.4. The molecule has 0 spiro atoms. The van der Waals surface area contributed by atoms with Gasteiger partial charge in [0.1, 0.15) is 0 Å². The van der Waals surface area contributed by atoms with E-state index in [4.69, 9.17) is 0 Å². The standard InChI is InChI=1S/C67H50N2/c1-66(2,3)50-33-36-53(37-34-50)68(63-28-16-18-45-17-10-11-23-56(45)63)54-35-31-47-41-46(29-30-48(47)42-54)49-32-40-65-60(43-49)59-25-13-15-27-64(59)69(65)55-38-39-58-57-24-12-14-26-61(57)67(62(58)44-55,51-19-6-4-7-20-51)52-21-8-5-9-22-52/h4-44H,1-3H3. The minimum absolute atomic E-state index is 0.0697. The van der Waals surface area contributed by atoms with E-state index in [-0.39, 0.29) is 5.41 Å². The fraction of sp³-hybridized carbons (Fsp3) is 0.0746. The molecular weight excluding hydrogens is 833 g/mol. The van der Waals surface area contributed by atoms with Crippen LogP contribution < -0.4 is 4.90 Å². The van der Waals surface area contributed by atoms with Crippen molar-refractivity contribution in [2.45, 2.75) is 31.6 Å². The van der Waals surface area contributed by atoms with E-state index >= 15 is 0 Å². The molecule has 0 amide bonds. The van der Waals surface area contributed by atoms with E-state index in [1.165, 1.54) is 93.4 Å². The Morgan fingerprint density at radius 1 is 0.377 bits per heavy atom. The smallest absolute Gasteiger partial charge is 0.0714 e. The van der Waals surface area contributed by atoms with Crippen LogP contribution >= 0.6 is 0 Å². The molecule has 0 N–H and O–H groups in total. The number of para-hydroxylation sites is 1. The van der Waals surface area contributed by atoms with E-state index < -0.39 is 5.41 Å². The molecule has 1 aliphatic carbocycles. The molecule has 0 fully saturated rings. The van der Waals surface area contributed by atoms with Crippen LogP contribution in [0.2, 0.25) is 0 Å². The van der Waals surface area contributed by atoms with Crippen LogP contribution in [0.3, 0.4) is 0 Å². The van der Waals surface area contributed by atoms with Crippen molar-refractivity contribution >= 4 is 60.4 Å². The number of fused-ring (bicyclic) bond motifs is 8. The molecule has 69 heavy (non-hydrogen) atoms. The summed E-state index contributed by atoms with van der Waals surface area (Å²) in [6.45, 7) is 6.82. The molecule has 0 atom stereocenters. The van der Waals surface area contributed by atoms with Crippen LogP contribution in [-0.4, -0.2) is 4.57 Å². The number of anilines is 3. The molecule has 11 aromatic carbocycles. The minimum Gasteiger partial charge on any atom is -0.310 e. The summed E-state index contributed by atoms with van der Waals surface area (Å²) in [4.78, 5) is 2.41. The molecule has 0 radical (unpaired) electrons. The number of hydrogen-bond donors (Lipinski definition) is 0. The molecule has 1 aliphatic rings. The van der Waals surface area contributed by atoms with Gasteiger partial charge in [-0.3, -0.25) is 0 Å². The first kappa shape index (κ1) is 40.8. The van der Waals surface area contributed by atoms with E-state index in [0.29, 0.717) is 0 Å². The van der Waals surface area contributed by atoms with Gasteiger partial charge in [0.25, 0.3) is 0 Å². The van der Waals surface area contributed by atoms with E-state index in [0.717, 1.165) is 22.7 Å². The van der Waals surface area contributed by atoms with Crippen LogP contribution in [0.15, 0.2) is 249 Å². The molecule has 0 unspecified atom stereocenters. The SMILES string of the molecule is CC(C)(C)c1ccc(N(c2ccc3cc(-c4ccc5c(c4)c4ccccc4n5-c4ccc5c(c4)C(c4ccccc4)(c4ccccc4)c4ccccc4-5)ccc3c2)c2cccc3ccccc23)cc1. The first-order valence-corrected chi connectivity index (χ1v) is 24.2. The first-order chi connectivity index (χ1) is 33.8. The highest BCUT2D eigenvalue weighted by molar-refractivity contribution is 6.11. The summed E-state index contributed by atoms with van der Waals surface area (Å²) in [6.07, 6.45) is 0. The molecule has 0 aliphatic heterocycles. The summed E-state index contributed by atoms with van der Waals surface area (Å²) >= 11 is 0. The van der Waals surface area contributed by atoms with Crippen molar-refractivity contribution in [2.24, 2.45) is 0 Å². The van der Waals surface area contributed by atoms with Gasteiger partial charge in [0.15, 0.2) is 0 Å². The number of hydrogen-bond acceptors (Lipinski definition) is 1. The molecule has 12 aromatic rings. The van der Waals surface area contributed by atoms with E-state index in [2.05, 4.69) is 279 Å². The summed E-state index contributed by atoms with van der Waals surface area (Å²) in [5.41, 5.74) is 18.0. The van der Waals surface area contributed by atoms with Gasteiger partial charge in [0.2, 0.25) is 0 Å². The second-order valence-corrected chi connectivity index (χ2v) is 19.7. The molecule has 0 saturated carbocycles. The molecule has 0 bridgehead atoms. The third-order valence-corrected chi connectivity index (χ3v) is 14.8. The quantitative estimate of drug-likeness (QED) is 0.155. The van der Waals surface area contributed by atoms with Crippen LogP contribution in [0.5, 0.6) is 0 Å². The van der Waals surface area contributed by atoms with Gasteiger partial charge in [0, 0.05) is 33.2 Å². The Morgan fingerprint density at radius 2 is 0.971 bits per heavy atom. The van der Waals surface area contributed by atoms with Gasteiger partial charge in [-0.2, -0.15) is 0 Å². The van der Waals surface area contributed by atoms with Crippen molar-refractivity contribution in [3.05, 3.63) is 277 Å². The maximum atomic E-state index is 2.47. The highest BCUT2D eigenvalue weighted by Crippen LogP contribution is 2.56. The lowest BCUT2D eigenvalue weighted by molar-refractivity contribution is 0.590. The molecule has 328 valence electrons. The maximum absolute atomic E-state index is 2.47. The van der Waals surface area contributed by atoms with Crippen LogP contribution in [0, 0.1) is 0 Å². The van der Waals surface area contributed by atoms with Crippen LogP contribution in [0.1, 0.15) is 48.6 Å². The van der Waals surface area contributed by atoms with Gasteiger partial charge in [-0.15, -0.1) is 0 Å². The average Bonchev–Trinajstić information content (AvgIpc) is 3.89.